The summed E-state index contributed by atoms with van der Waals surface area (Å²) >= 11 is 4.42. The molecule has 5 heteroatoms. The molecule has 2 aromatic rings. The van der Waals surface area contributed by atoms with Crippen molar-refractivity contribution in [3.63, 3.8) is 0 Å². The molecule has 1 aromatic carbocycles. The highest BCUT2D eigenvalue weighted by molar-refractivity contribution is 9.10. The SMILES string of the molecule is CC(=O)c1cnc(-c2ccc(F)c(Br)c2)s1. The van der Waals surface area contributed by atoms with Gasteiger partial charge in [-0.25, -0.2) is 9.37 Å². The number of hydrogen-bond donors (Lipinski definition) is 0. The standard InChI is InChI=1S/C11H7BrFNOS/c1-6(15)10-5-14-11(16-10)7-2-3-9(13)8(12)4-7/h2-5H,1H3. The van der Waals surface area contributed by atoms with Crippen molar-refractivity contribution in [2.24, 2.45) is 0 Å². The molecule has 0 fully saturated rings. The lowest BCUT2D eigenvalue weighted by molar-refractivity contribution is 0.102. The normalized spacial score (nSPS) is 10.4. The second kappa shape index (κ2) is 4.43. The zero-order valence-corrected chi connectivity index (χ0v) is 10.7. The van der Waals surface area contributed by atoms with Gasteiger partial charge in [0.05, 0.1) is 9.35 Å². The summed E-state index contributed by atoms with van der Waals surface area (Å²) in [5, 5.41) is 0.714. The Morgan fingerprint density at radius 2 is 2.25 bits per heavy atom. The Hall–Kier alpha value is -1.07. The number of ketones is 1. The molecule has 2 rings (SSSR count). The molecule has 0 saturated carbocycles. The van der Waals surface area contributed by atoms with Gasteiger partial charge in [-0.2, -0.15) is 0 Å². The van der Waals surface area contributed by atoms with Crippen LogP contribution in [0.4, 0.5) is 4.39 Å². The Labute approximate surface area is 104 Å². The molecule has 0 unspecified atom stereocenters. The van der Waals surface area contributed by atoms with Crippen molar-refractivity contribution >= 4 is 33.0 Å². The van der Waals surface area contributed by atoms with E-state index in [-0.39, 0.29) is 11.6 Å². The van der Waals surface area contributed by atoms with E-state index in [0.717, 1.165) is 5.56 Å². The number of rotatable bonds is 2. The fourth-order valence-electron chi connectivity index (χ4n) is 1.20. The van der Waals surface area contributed by atoms with Gasteiger partial charge in [0.1, 0.15) is 10.8 Å². The van der Waals surface area contributed by atoms with Crippen LogP contribution in [-0.4, -0.2) is 10.8 Å². The number of thiazole rings is 1. The molecule has 0 amide bonds. The first-order chi connectivity index (χ1) is 7.58. The number of benzene rings is 1. The summed E-state index contributed by atoms with van der Waals surface area (Å²) in [5.74, 6) is -0.322. The number of hydrogen-bond acceptors (Lipinski definition) is 3. The molecule has 0 aliphatic heterocycles. The van der Waals surface area contributed by atoms with Crippen LogP contribution in [-0.2, 0) is 0 Å². The van der Waals surface area contributed by atoms with E-state index in [1.807, 2.05) is 0 Å². The Morgan fingerprint density at radius 1 is 1.50 bits per heavy atom. The zero-order valence-electron chi connectivity index (χ0n) is 8.33. The molecule has 2 nitrogen and oxygen atoms in total. The highest BCUT2D eigenvalue weighted by atomic mass is 79.9. The van der Waals surface area contributed by atoms with E-state index in [9.17, 15) is 9.18 Å². The lowest BCUT2D eigenvalue weighted by Crippen LogP contribution is -1.83. The van der Waals surface area contributed by atoms with Crippen molar-refractivity contribution in [2.75, 3.05) is 0 Å². The van der Waals surface area contributed by atoms with Crippen LogP contribution in [0.2, 0.25) is 0 Å². The maximum Gasteiger partial charge on any atom is 0.171 e. The number of nitrogens with zero attached hydrogens (tertiary/aromatic N) is 1. The van der Waals surface area contributed by atoms with Crippen LogP contribution >= 0.6 is 27.3 Å². The third kappa shape index (κ3) is 2.20. The minimum absolute atomic E-state index is 0.00933. The van der Waals surface area contributed by atoms with Gasteiger partial charge >= 0.3 is 0 Å². The quantitative estimate of drug-likeness (QED) is 0.787. The molecule has 0 atom stereocenters. The predicted molar refractivity (Wildman–Crippen MR) is 65.2 cm³/mol. The summed E-state index contributed by atoms with van der Waals surface area (Å²) in [5.41, 5.74) is 0.797. The number of carbonyl (C=O) groups is 1. The molecule has 1 heterocycles. The third-order valence-corrected chi connectivity index (χ3v) is 3.77. The third-order valence-electron chi connectivity index (χ3n) is 2.02. The summed E-state index contributed by atoms with van der Waals surface area (Å²) in [6.07, 6.45) is 1.54. The van der Waals surface area contributed by atoms with Crippen molar-refractivity contribution in [2.45, 2.75) is 6.92 Å². The van der Waals surface area contributed by atoms with Crippen LogP contribution in [0.3, 0.4) is 0 Å². The van der Waals surface area contributed by atoms with Gasteiger partial charge in [-0.1, -0.05) is 0 Å². The first kappa shape index (κ1) is 11.4. The molecule has 0 radical (unpaired) electrons. The topological polar surface area (TPSA) is 30.0 Å². The van der Waals surface area contributed by atoms with Crippen LogP contribution in [0.15, 0.2) is 28.9 Å². The molecular weight excluding hydrogens is 293 g/mol. The lowest BCUT2D eigenvalue weighted by atomic mass is 10.2. The summed E-state index contributed by atoms with van der Waals surface area (Å²) in [6.45, 7) is 1.50. The summed E-state index contributed by atoms with van der Waals surface area (Å²) in [6, 6.07) is 4.66. The van der Waals surface area contributed by atoms with E-state index >= 15 is 0 Å². The van der Waals surface area contributed by atoms with Gasteiger partial charge < -0.3 is 0 Å². The van der Waals surface area contributed by atoms with Crippen LogP contribution in [0.1, 0.15) is 16.6 Å². The van der Waals surface area contributed by atoms with Crippen LogP contribution < -0.4 is 0 Å². The van der Waals surface area contributed by atoms with Gasteiger partial charge in [-0.15, -0.1) is 11.3 Å². The second-order valence-corrected chi connectivity index (χ2v) is 5.10. The van der Waals surface area contributed by atoms with E-state index in [1.54, 1.807) is 18.3 Å². The van der Waals surface area contributed by atoms with Crippen molar-refractivity contribution in [1.29, 1.82) is 0 Å². The molecule has 82 valence electrons. The smallest absolute Gasteiger partial charge is 0.171 e. The van der Waals surface area contributed by atoms with Crippen LogP contribution in [0.25, 0.3) is 10.6 Å². The maximum absolute atomic E-state index is 13.0. The number of halogens is 2. The van der Waals surface area contributed by atoms with Crippen molar-refractivity contribution in [1.82, 2.24) is 4.98 Å². The van der Waals surface area contributed by atoms with Crippen molar-refractivity contribution < 1.29 is 9.18 Å². The Morgan fingerprint density at radius 3 is 2.81 bits per heavy atom. The van der Waals surface area contributed by atoms with E-state index in [2.05, 4.69) is 20.9 Å². The first-order valence-corrected chi connectivity index (χ1v) is 6.11. The molecule has 16 heavy (non-hydrogen) atoms. The highest BCUT2D eigenvalue weighted by Crippen LogP contribution is 2.28. The molecule has 1 aromatic heterocycles. The molecule has 0 aliphatic carbocycles. The summed E-state index contributed by atoms with van der Waals surface area (Å²) < 4.78 is 13.4. The monoisotopic (exact) mass is 299 g/mol. The summed E-state index contributed by atoms with van der Waals surface area (Å²) in [4.78, 5) is 15.9. The predicted octanol–water partition coefficient (Wildman–Crippen LogP) is 3.91. The largest absolute Gasteiger partial charge is 0.294 e. The van der Waals surface area contributed by atoms with Gasteiger partial charge in [0.25, 0.3) is 0 Å². The van der Waals surface area contributed by atoms with E-state index < -0.39 is 0 Å². The van der Waals surface area contributed by atoms with E-state index in [4.69, 9.17) is 0 Å². The fourth-order valence-corrected chi connectivity index (χ4v) is 2.39. The van der Waals surface area contributed by atoms with Crippen LogP contribution in [0, 0.1) is 5.82 Å². The first-order valence-electron chi connectivity index (χ1n) is 4.50. The maximum atomic E-state index is 13.0. The fraction of sp³-hybridized carbons (Fsp3) is 0.0909. The van der Waals surface area contributed by atoms with E-state index in [1.165, 1.54) is 24.3 Å². The highest BCUT2D eigenvalue weighted by Gasteiger charge is 2.09. The van der Waals surface area contributed by atoms with E-state index in [0.29, 0.717) is 14.4 Å². The Balaban J connectivity index is 2.42. The zero-order chi connectivity index (χ0) is 11.7. The van der Waals surface area contributed by atoms with Gasteiger partial charge in [0, 0.05) is 18.7 Å². The molecule has 0 saturated heterocycles. The van der Waals surface area contributed by atoms with Crippen molar-refractivity contribution in [3.05, 3.63) is 39.6 Å². The van der Waals surface area contributed by atoms with Gasteiger partial charge in [-0.3, -0.25) is 4.79 Å². The minimum atomic E-state index is -0.313. The van der Waals surface area contributed by atoms with Gasteiger partial charge in [0.2, 0.25) is 0 Å². The minimum Gasteiger partial charge on any atom is -0.294 e. The molecule has 0 aliphatic rings. The molecule has 0 bridgehead atoms. The average Bonchev–Trinajstić information content (AvgIpc) is 2.71. The average molecular weight is 300 g/mol. The second-order valence-electron chi connectivity index (χ2n) is 3.21. The number of Topliss-reactive ketones (excluding diaryl/α,β-unsaturated/α-hetero) is 1. The number of aromatic nitrogens is 1. The lowest BCUT2D eigenvalue weighted by Gasteiger charge is -1.98. The Bertz CT molecular complexity index is 553. The molecule has 0 spiro atoms. The van der Waals surface area contributed by atoms with Gasteiger partial charge in [-0.05, 0) is 34.1 Å². The van der Waals surface area contributed by atoms with Gasteiger partial charge in [0.15, 0.2) is 5.78 Å². The number of carbonyl (C=O) groups excluding carboxylic acids is 1. The Kier molecular flexibility index (Phi) is 3.16. The van der Waals surface area contributed by atoms with Crippen molar-refractivity contribution in [3.8, 4) is 10.6 Å². The molecular formula is C11H7BrFNOS. The van der Waals surface area contributed by atoms with Crippen LogP contribution in [0.5, 0.6) is 0 Å². The molecule has 0 N–H and O–H groups in total. The summed E-state index contributed by atoms with van der Waals surface area (Å²) in [7, 11) is 0.